The van der Waals surface area contributed by atoms with Crippen molar-refractivity contribution in [3.63, 3.8) is 0 Å². The van der Waals surface area contributed by atoms with E-state index in [1.54, 1.807) is 4.90 Å². The average molecular weight is 471 g/mol. The van der Waals surface area contributed by atoms with Gasteiger partial charge in [-0.3, -0.25) is 9.59 Å². The van der Waals surface area contributed by atoms with Crippen LogP contribution in [-0.4, -0.2) is 28.8 Å². The van der Waals surface area contributed by atoms with Crippen molar-refractivity contribution in [2.75, 3.05) is 0 Å². The Morgan fingerprint density at radius 3 is 1.94 bits per heavy atom. The molecule has 0 aliphatic rings. The first-order valence-electron chi connectivity index (χ1n) is 12.7. The number of hydrogen-bond acceptors (Lipinski definition) is 2. The first-order chi connectivity index (χ1) is 16.9. The van der Waals surface area contributed by atoms with Gasteiger partial charge in [0.15, 0.2) is 0 Å². The summed E-state index contributed by atoms with van der Waals surface area (Å²) in [5.41, 5.74) is 4.36. The molecule has 2 unspecified atom stereocenters. The molecule has 3 aromatic rings. The number of nitrogens with zero attached hydrogens (tertiary/aromatic N) is 1. The highest BCUT2D eigenvalue weighted by molar-refractivity contribution is 5.88. The van der Waals surface area contributed by atoms with Gasteiger partial charge in [-0.25, -0.2) is 0 Å². The van der Waals surface area contributed by atoms with Gasteiger partial charge in [0.25, 0.3) is 0 Å². The lowest BCUT2D eigenvalue weighted by Crippen LogP contribution is -2.51. The number of carbonyl (C=O) groups is 2. The molecular formula is C31H38N2O2. The van der Waals surface area contributed by atoms with Crippen LogP contribution in [0, 0.1) is 6.92 Å². The molecule has 0 fully saturated rings. The molecule has 3 rings (SSSR count). The highest BCUT2D eigenvalue weighted by atomic mass is 16.2. The minimum atomic E-state index is -0.524. The van der Waals surface area contributed by atoms with Crippen molar-refractivity contribution in [3.05, 3.63) is 107 Å². The van der Waals surface area contributed by atoms with E-state index in [9.17, 15) is 9.59 Å². The van der Waals surface area contributed by atoms with E-state index < -0.39 is 6.04 Å². The Kier molecular flexibility index (Phi) is 9.66. The number of amides is 2. The van der Waals surface area contributed by atoms with Gasteiger partial charge in [-0.05, 0) is 43.4 Å². The van der Waals surface area contributed by atoms with Crippen LogP contribution in [0.5, 0.6) is 0 Å². The van der Waals surface area contributed by atoms with Crippen molar-refractivity contribution in [2.24, 2.45) is 0 Å². The summed E-state index contributed by atoms with van der Waals surface area (Å²) in [5.74, 6) is -0.186. The molecule has 2 atom stereocenters. The molecule has 4 heteroatoms. The summed E-state index contributed by atoms with van der Waals surface area (Å²) in [6.45, 7) is 8.47. The van der Waals surface area contributed by atoms with Crippen molar-refractivity contribution >= 4 is 11.8 Å². The number of rotatable bonds is 11. The maximum atomic E-state index is 14.0. The van der Waals surface area contributed by atoms with Gasteiger partial charge < -0.3 is 10.2 Å². The Balaban J connectivity index is 1.95. The Hall–Kier alpha value is -3.40. The number of hydrogen-bond donors (Lipinski definition) is 1. The molecular weight excluding hydrogens is 432 g/mol. The molecule has 184 valence electrons. The minimum Gasteiger partial charge on any atom is -0.352 e. The summed E-state index contributed by atoms with van der Waals surface area (Å²) in [6, 6.07) is 28.0. The summed E-state index contributed by atoms with van der Waals surface area (Å²) in [7, 11) is 0. The van der Waals surface area contributed by atoms with Crippen molar-refractivity contribution in [1.82, 2.24) is 10.2 Å². The van der Waals surface area contributed by atoms with Crippen LogP contribution in [0.25, 0.3) is 0 Å². The SMILES string of the molecule is CCC(C)NC(=O)C(CC)N(Cc1cccc(C)c1)C(=O)CC(c1ccccc1)c1ccccc1. The zero-order chi connectivity index (χ0) is 25.2. The van der Waals surface area contributed by atoms with E-state index in [1.807, 2.05) is 82.3 Å². The van der Waals surface area contributed by atoms with Crippen LogP contribution in [0.3, 0.4) is 0 Å². The largest absolute Gasteiger partial charge is 0.352 e. The summed E-state index contributed by atoms with van der Waals surface area (Å²) in [6.07, 6.45) is 1.70. The van der Waals surface area contributed by atoms with E-state index in [0.29, 0.717) is 19.4 Å². The van der Waals surface area contributed by atoms with Gasteiger partial charge in [-0.15, -0.1) is 0 Å². The molecule has 0 heterocycles. The van der Waals surface area contributed by atoms with Crippen molar-refractivity contribution < 1.29 is 9.59 Å². The van der Waals surface area contributed by atoms with Crippen molar-refractivity contribution in [2.45, 2.75) is 71.5 Å². The molecule has 35 heavy (non-hydrogen) atoms. The third-order valence-electron chi connectivity index (χ3n) is 6.60. The number of carbonyl (C=O) groups excluding carboxylic acids is 2. The summed E-state index contributed by atoms with van der Waals surface area (Å²) in [4.78, 5) is 29.0. The number of benzene rings is 3. The van der Waals surface area contributed by atoms with Crippen LogP contribution in [0.2, 0.25) is 0 Å². The molecule has 3 aromatic carbocycles. The normalized spacial score (nSPS) is 12.7. The standard InChI is InChI=1S/C31H38N2O2/c1-5-24(4)32-31(35)29(6-2)33(22-25-15-13-14-23(3)20-25)30(34)21-28(26-16-9-7-10-17-26)27-18-11-8-12-19-27/h7-20,24,28-29H,5-6,21-22H2,1-4H3,(H,32,35). The van der Waals surface area contributed by atoms with Gasteiger partial charge in [0.2, 0.25) is 11.8 Å². The van der Waals surface area contributed by atoms with E-state index >= 15 is 0 Å². The van der Waals surface area contributed by atoms with E-state index in [0.717, 1.165) is 28.7 Å². The fourth-order valence-electron chi connectivity index (χ4n) is 4.46. The first kappa shape index (κ1) is 26.2. The lowest BCUT2D eigenvalue weighted by Gasteiger charge is -2.33. The van der Waals surface area contributed by atoms with Gasteiger partial charge in [0.1, 0.15) is 6.04 Å². The fraction of sp³-hybridized carbons (Fsp3) is 0.355. The third-order valence-corrected chi connectivity index (χ3v) is 6.60. The number of aryl methyl sites for hydroxylation is 1. The summed E-state index contributed by atoms with van der Waals surface area (Å²) in [5, 5.41) is 3.10. The lowest BCUT2D eigenvalue weighted by molar-refractivity contribution is -0.141. The molecule has 0 radical (unpaired) electrons. The van der Waals surface area contributed by atoms with E-state index in [1.165, 1.54) is 0 Å². The van der Waals surface area contributed by atoms with Crippen molar-refractivity contribution in [1.29, 1.82) is 0 Å². The zero-order valence-corrected chi connectivity index (χ0v) is 21.4. The van der Waals surface area contributed by atoms with E-state index in [-0.39, 0.29) is 23.8 Å². The predicted molar refractivity (Wildman–Crippen MR) is 143 cm³/mol. The third kappa shape index (κ3) is 7.29. The fourth-order valence-corrected chi connectivity index (χ4v) is 4.46. The Morgan fingerprint density at radius 1 is 0.829 bits per heavy atom. The minimum absolute atomic E-state index is 0.0182. The molecule has 0 spiro atoms. The first-order valence-corrected chi connectivity index (χ1v) is 12.7. The van der Waals surface area contributed by atoms with Crippen LogP contribution in [0.4, 0.5) is 0 Å². The Morgan fingerprint density at radius 2 is 1.43 bits per heavy atom. The van der Waals surface area contributed by atoms with Crippen LogP contribution < -0.4 is 5.32 Å². The zero-order valence-electron chi connectivity index (χ0n) is 21.4. The van der Waals surface area contributed by atoms with E-state index in [2.05, 4.69) is 35.6 Å². The van der Waals surface area contributed by atoms with E-state index in [4.69, 9.17) is 0 Å². The van der Waals surface area contributed by atoms with Gasteiger partial charge in [0.05, 0.1) is 0 Å². The molecule has 0 saturated heterocycles. The second kappa shape index (κ2) is 12.9. The maximum absolute atomic E-state index is 14.0. The van der Waals surface area contributed by atoms with Gasteiger partial charge in [0, 0.05) is 24.9 Å². The van der Waals surface area contributed by atoms with Crippen molar-refractivity contribution in [3.8, 4) is 0 Å². The molecule has 0 aromatic heterocycles. The quantitative estimate of drug-likeness (QED) is 0.361. The molecule has 4 nitrogen and oxygen atoms in total. The maximum Gasteiger partial charge on any atom is 0.243 e. The molecule has 0 saturated carbocycles. The molecule has 0 aliphatic carbocycles. The highest BCUT2D eigenvalue weighted by Crippen LogP contribution is 2.29. The highest BCUT2D eigenvalue weighted by Gasteiger charge is 2.31. The van der Waals surface area contributed by atoms with Gasteiger partial charge in [-0.2, -0.15) is 0 Å². The van der Waals surface area contributed by atoms with Gasteiger partial charge >= 0.3 is 0 Å². The van der Waals surface area contributed by atoms with Gasteiger partial charge in [-0.1, -0.05) is 104 Å². The van der Waals surface area contributed by atoms with Crippen LogP contribution in [0.1, 0.15) is 68.2 Å². The van der Waals surface area contributed by atoms with Crippen LogP contribution in [-0.2, 0) is 16.1 Å². The second-order valence-electron chi connectivity index (χ2n) is 9.33. The average Bonchev–Trinajstić information content (AvgIpc) is 2.88. The molecule has 1 N–H and O–H groups in total. The topological polar surface area (TPSA) is 49.4 Å². The monoisotopic (exact) mass is 470 g/mol. The Bertz CT molecular complexity index is 1040. The lowest BCUT2D eigenvalue weighted by atomic mass is 9.88. The smallest absolute Gasteiger partial charge is 0.243 e. The summed E-state index contributed by atoms with van der Waals surface area (Å²) >= 11 is 0. The second-order valence-corrected chi connectivity index (χ2v) is 9.33. The predicted octanol–water partition coefficient (Wildman–Crippen LogP) is 6.24. The summed E-state index contributed by atoms with van der Waals surface area (Å²) < 4.78 is 0. The number of nitrogens with one attached hydrogen (secondary N) is 1. The molecule has 0 aliphatic heterocycles. The Labute approximate surface area is 210 Å². The molecule has 0 bridgehead atoms. The van der Waals surface area contributed by atoms with Crippen LogP contribution in [0.15, 0.2) is 84.9 Å². The van der Waals surface area contributed by atoms with Crippen LogP contribution >= 0.6 is 0 Å². The molecule has 2 amide bonds.